The zero-order valence-electron chi connectivity index (χ0n) is 14.9. The van der Waals surface area contributed by atoms with E-state index >= 15 is 0 Å². The number of anilines is 1. The molecule has 1 unspecified atom stereocenters. The average Bonchev–Trinajstić information content (AvgIpc) is 3.10. The van der Waals surface area contributed by atoms with Gasteiger partial charge in [-0.1, -0.05) is 11.6 Å². The summed E-state index contributed by atoms with van der Waals surface area (Å²) >= 11 is 5.96. The molecular weight excluding hydrogens is 352 g/mol. The number of carbonyl (C=O) groups is 1. The molecule has 0 N–H and O–H groups in total. The monoisotopic (exact) mass is 374 g/mol. The zero-order valence-corrected chi connectivity index (χ0v) is 15.7. The smallest absolute Gasteiger partial charge is 0.415 e. The van der Waals surface area contributed by atoms with E-state index < -0.39 is 5.60 Å². The van der Waals surface area contributed by atoms with Crippen LogP contribution in [0.4, 0.5) is 10.5 Å². The fraction of sp³-hybridized carbons (Fsp3) is 0.474. The third-order valence-corrected chi connectivity index (χ3v) is 5.65. The summed E-state index contributed by atoms with van der Waals surface area (Å²) in [6, 6.07) is 7.35. The largest absolute Gasteiger partial charge is 0.441 e. The lowest BCUT2D eigenvalue weighted by atomic mass is 9.95. The number of hydrogen-bond donors (Lipinski definition) is 0. The second kappa shape index (κ2) is 6.93. The van der Waals surface area contributed by atoms with Crippen LogP contribution >= 0.6 is 11.6 Å². The Morgan fingerprint density at radius 2 is 2.04 bits per heavy atom. The van der Waals surface area contributed by atoms with Gasteiger partial charge in [0.05, 0.1) is 18.6 Å². The molecule has 2 aliphatic heterocycles. The molecule has 2 aromatic rings. The number of likely N-dealkylation sites (tertiary alicyclic amines) is 1. The van der Waals surface area contributed by atoms with Gasteiger partial charge in [-0.2, -0.15) is 0 Å². The number of ether oxygens (including phenoxy) is 1. The highest BCUT2D eigenvalue weighted by molar-refractivity contribution is 6.30. The van der Waals surface area contributed by atoms with Gasteiger partial charge in [0.15, 0.2) is 0 Å². The molecule has 1 spiro atoms. The van der Waals surface area contributed by atoms with Crippen molar-refractivity contribution < 1.29 is 9.53 Å². The lowest BCUT2D eigenvalue weighted by Gasteiger charge is -2.25. The van der Waals surface area contributed by atoms with Crippen molar-refractivity contribution in [2.24, 2.45) is 7.05 Å². The molecular formula is C19H23ClN4O2. The number of benzene rings is 1. The standard InChI is InChI=1S/C19H23ClN4O2/c1-22-14-21-11-17(22)12-23-9-2-7-19(8-10-23)13-24(18(25)26-19)16-5-3-15(20)4-6-16/h3-6,11,14H,2,7-10,12-13H2,1H3. The topological polar surface area (TPSA) is 50.6 Å². The van der Waals surface area contributed by atoms with Gasteiger partial charge in [-0.15, -0.1) is 0 Å². The van der Waals surface area contributed by atoms with Crippen LogP contribution in [0.15, 0.2) is 36.8 Å². The number of halogens is 1. The maximum absolute atomic E-state index is 12.5. The lowest BCUT2D eigenvalue weighted by molar-refractivity contribution is 0.0442. The first-order valence-electron chi connectivity index (χ1n) is 8.98. The quantitative estimate of drug-likeness (QED) is 0.825. The number of rotatable bonds is 3. The summed E-state index contributed by atoms with van der Waals surface area (Å²) in [6.07, 6.45) is 6.24. The Morgan fingerprint density at radius 1 is 1.23 bits per heavy atom. The van der Waals surface area contributed by atoms with Crippen molar-refractivity contribution in [3.05, 3.63) is 47.5 Å². The van der Waals surface area contributed by atoms with Crippen molar-refractivity contribution in [3.63, 3.8) is 0 Å². The molecule has 7 heteroatoms. The first-order chi connectivity index (χ1) is 12.5. The molecule has 2 saturated heterocycles. The van der Waals surface area contributed by atoms with Crippen LogP contribution in [0.1, 0.15) is 25.0 Å². The van der Waals surface area contributed by atoms with Crippen LogP contribution in [0.25, 0.3) is 0 Å². The first-order valence-corrected chi connectivity index (χ1v) is 9.36. The minimum Gasteiger partial charge on any atom is -0.441 e. The number of imidazole rings is 1. The zero-order chi connectivity index (χ0) is 18.1. The van der Waals surface area contributed by atoms with Gasteiger partial charge in [0.1, 0.15) is 5.60 Å². The molecule has 0 radical (unpaired) electrons. The minimum atomic E-state index is -0.391. The Balaban J connectivity index is 1.44. The van der Waals surface area contributed by atoms with Crippen LogP contribution in [0, 0.1) is 0 Å². The molecule has 0 saturated carbocycles. The normalized spacial score (nSPS) is 24.1. The van der Waals surface area contributed by atoms with Crippen molar-refractivity contribution in [3.8, 4) is 0 Å². The molecule has 1 aromatic carbocycles. The summed E-state index contributed by atoms with van der Waals surface area (Å²) in [4.78, 5) is 20.8. The molecule has 1 amide bonds. The lowest BCUT2D eigenvalue weighted by Crippen LogP contribution is -2.36. The van der Waals surface area contributed by atoms with E-state index in [1.807, 2.05) is 31.7 Å². The average molecular weight is 375 g/mol. The fourth-order valence-electron chi connectivity index (χ4n) is 3.85. The molecule has 0 aliphatic carbocycles. The molecule has 6 nitrogen and oxygen atoms in total. The maximum Gasteiger partial charge on any atom is 0.415 e. The fourth-order valence-corrected chi connectivity index (χ4v) is 3.98. The van der Waals surface area contributed by atoms with Crippen molar-refractivity contribution in [1.82, 2.24) is 14.5 Å². The summed E-state index contributed by atoms with van der Waals surface area (Å²) in [5.74, 6) is 0. The van der Waals surface area contributed by atoms with E-state index in [-0.39, 0.29) is 6.09 Å². The van der Waals surface area contributed by atoms with Crippen molar-refractivity contribution in [2.75, 3.05) is 24.5 Å². The highest BCUT2D eigenvalue weighted by Crippen LogP contribution is 2.36. The molecule has 2 fully saturated rings. The van der Waals surface area contributed by atoms with Crippen LogP contribution in [0.2, 0.25) is 5.02 Å². The molecule has 1 aromatic heterocycles. The maximum atomic E-state index is 12.5. The van der Waals surface area contributed by atoms with Crippen molar-refractivity contribution >= 4 is 23.4 Å². The molecule has 4 rings (SSSR count). The summed E-state index contributed by atoms with van der Waals surface area (Å²) < 4.78 is 7.94. The van der Waals surface area contributed by atoms with Crippen molar-refractivity contribution in [2.45, 2.75) is 31.4 Å². The van der Waals surface area contributed by atoms with Gasteiger partial charge < -0.3 is 9.30 Å². The Labute approximate surface area is 158 Å². The Hall–Kier alpha value is -2.05. The van der Waals surface area contributed by atoms with E-state index in [4.69, 9.17) is 16.3 Å². The van der Waals surface area contributed by atoms with E-state index in [1.54, 1.807) is 17.0 Å². The SMILES string of the molecule is Cn1cncc1CN1CCCC2(CC1)CN(c1ccc(Cl)cc1)C(=O)O2. The predicted octanol–water partition coefficient (Wildman–Crippen LogP) is 3.46. The van der Waals surface area contributed by atoms with E-state index in [0.717, 1.165) is 44.6 Å². The first kappa shape index (κ1) is 17.4. The Bertz CT molecular complexity index is 791. The molecule has 138 valence electrons. The number of amides is 1. The van der Waals surface area contributed by atoms with Crippen LogP contribution in [-0.4, -0.2) is 45.8 Å². The van der Waals surface area contributed by atoms with E-state index in [1.165, 1.54) is 5.69 Å². The van der Waals surface area contributed by atoms with Crippen LogP contribution in [0.3, 0.4) is 0 Å². The van der Waals surface area contributed by atoms with Gasteiger partial charge in [-0.25, -0.2) is 9.78 Å². The second-order valence-corrected chi connectivity index (χ2v) is 7.68. The number of nitrogens with zero attached hydrogens (tertiary/aromatic N) is 4. The molecule has 0 bridgehead atoms. The second-order valence-electron chi connectivity index (χ2n) is 7.24. The highest BCUT2D eigenvalue weighted by atomic mass is 35.5. The van der Waals surface area contributed by atoms with E-state index in [0.29, 0.717) is 11.6 Å². The van der Waals surface area contributed by atoms with Crippen LogP contribution in [-0.2, 0) is 18.3 Å². The summed E-state index contributed by atoms with van der Waals surface area (Å²) in [6.45, 7) is 3.40. The van der Waals surface area contributed by atoms with Crippen LogP contribution < -0.4 is 4.90 Å². The minimum absolute atomic E-state index is 0.257. The third kappa shape index (κ3) is 3.44. The summed E-state index contributed by atoms with van der Waals surface area (Å²) in [5.41, 5.74) is 1.65. The molecule has 26 heavy (non-hydrogen) atoms. The number of carbonyl (C=O) groups excluding carboxylic acids is 1. The Kier molecular flexibility index (Phi) is 4.63. The van der Waals surface area contributed by atoms with Crippen LogP contribution in [0.5, 0.6) is 0 Å². The van der Waals surface area contributed by atoms with Gasteiger partial charge in [-0.3, -0.25) is 9.80 Å². The predicted molar refractivity (Wildman–Crippen MR) is 100 cm³/mol. The summed E-state index contributed by atoms with van der Waals surface area (Å²) in [7, 11) is 2.02. The highest BCUT2D eigenvalue weighted by Gasteiger charge is 2.46. The number of aromatic nitrogens is 2. The van der Waals surface area contributed by atoms with E-state index in [2.05, 4.69) is 14.5 Å². The molecule has 2 aliphatic rings. The number of hydrogen-bond acceptors (Lipinski definition) is 4. The van der Waals surface area contributed by atoms with Gasteiger partial charge >= 0.3 is 6.09 Å². The van der Waals surface area contributed by atoms with Gasteiger partial charge in [0.25, 0.3) is 0 Å². The van der Waals surface area contributed by atoms with Crippen molar-refractivity contribution in [1.29, 1.82) is 0 Å². The van der Waals surface area contributed by atoms with Gasteiger partial charge in [-0.05, 0) is 43.7 Å². The van der Waals surface area contributed by atoms with Gasteiger partial charge in [0, 0.05) is 43.5 Å². The van der Waals surface area contributed by atoms with E-state index in [9.17, 15) is 4.79 Å². The van der Waals surface area contributed by atoms with Gasteiger partial charge in [0.2, 0.25) is 0 Å². The number of aryl methyl sites for hydroxylation is 1. The molecule has 3 heterocycles. The third-order valence-electron chi connectivity index (χ3n) is 5.40. The Morgan fingerprint density at radius 3 is 2.77 bits per heavy atom. The molecule has 1 atom stereocenters. The summed E-state index contributed by atoms with van der Waals surface area (Å²) in [5, 5.41) is 0.663.